The molecule has 0 unspecified atom stereocenters. The number of nitrogens with zero attached hydrogens (tertiary/aromatic N) is 1. The van der Waals surface area contributed by atoms with Gasteiger partial charge in [-0.05, 0) is 49.3 Å². The third-order valence-corrected chi connectivity index (χ3v) is 14.9. The Labute approximate surface area is 187 Å². The molecule has 0 spiro atoms. The van der Waals surface area contributed by atoms with Gasteiger partial charge in [-0.3, -0.25) is 0 Å². The summed E-state index contributed by atoms with van der Waals surface area (Å²) in [6.45, 7) is 12.8. The molecule has 1 aliphatic rings. The molecule has 0 saturated carbocycles. The summed E-state index contributed by atoms with van der Waals surface area (Å²) in [4.78, 5) is 0.349. The Morgan fingerprint density at radius 3 is 2.10 bits per heavy atom. The van der Waals surface area contributed by atoms with E-state index >= 15 is 0 Å². The molecule has 31 heavy (non-hydrogen) atoms. The summed E-state index contributed by atoms with van der Waals surface area (Å²) in [6.07, 6.45) is -0.459. The van der Waals surface area contributed by atoms with Crippen molar-refractivity contribution in [2.24, 2.45) is 3.77 Å². The van der Waals surface area contributed by atoms with Crippen molar-refractivity contribution in [2.45, 2.75) is 67.2 Å². The Hall–Kier alpha value is -1.52. The lowest BCUT2D eigenvalue weighted by Crippen LogP contribution is -2.41. The molecule has 2 aromatic carbocycles. The van der Waals surface area contributed by atoms with Gasteiger partial charge in [-0.2, -0.15) is 8.42 Å². The normalized spacial score (nSPS) is 21.4. The standard InChI is InChI=1S/C22H31NO5S2Si/c1-17-12-14-19(15-13-17)30(25,26)23-29(24,18-10-8-7-9-11-18)21-20(28-21)16-27-31(5,6)22(2,3)4/h7-15,20-21H,16H2,1-6H3/t20-,21-,29-/m1/s1. The molecule has 0 N–H and O–H groups in total. The first-order chi connectivity index (χ1) is 14.3. The summed E-state index contributed by atoms with van der Waals surface area (Å²) in [5.74, 6) is 0. The number of hydrogen-bond acceptors (Lipinski definition) is 5. The van der Waals surface area contributed by atoms with E-state index in [2.05, 4.69) is 37.6 Å². The Bertz CT molecular complexity index is 1150. The summed E-state index contributed by atoms with van der Waals surface area (Å²) in [5.41, 5.74) is 0.0935. The van der Waals surface area contributed by atoms with Gasteiger partial charge in [-0.15, -0.1) is 0 Å². The summed E-state index contributed by atoms with van der Waals surface area (Å²) < 4.78 is 55.9. The maximum absolute atomic E-state index is 14.0. The van der Waals surface area contributed by atoms with Crippen LogP contribution >= 0.6 is 0 Å². The van der Waals surface area contributed by atoms with Crippen molar-refractivity contribution in [1.82, 2.24) is 0 Å². The van der Waals surface area contributed by atoms with Crippen LogP contribution in [0.15, 0.2) is 68.2 Å². The molecule has 1 aliphatic heterocycles. The number of rotatable bonds is 7. The van der Waals surface area contributed by atoms with Crippen molar-refractivity contribution in [3.63, 3.8) is 0 Å². The van der Waals surface area contributed by atoms with Crippen LogP contribution in [0.4, 0.5) is 0 Å². The van der Waals surface area contributed by atoms with E-state index in [1.165, 1.54) is 12.1 Å². The predicted octanol–water partition coefficient (Wildman–Crippen LogP) is 4.96. The molecule has 1 fully saturated rings. The van der Waals surface area contributed by atoms with Gasteiger partial charge in [-0.1, -0.05) is 60.4 Å². The molecular weight excluding hydrogens is 450 g/mol. The highest BCUT2D eigenvalue weighted by Crippen LogP contribution is 2.40. The molecule has 1 saturated heterocycles. The van der Waals surface area contributed by atoms with Crippen LogP contribution in [0.25, 0.3) is 0 Å². The number of aryl methyl sites for hydroxylation is 1. The van der Waals surface area contributed by atoms with Crippen LogP contribution in [-0.4, -0.2) is 39.1 Å². The van der Waals surface area contributed by atoms with Gasteiger partial charge in [0.05, 0.1) is 16.4 Å². The lowest BCUT2D eigenvalue weighted by Gasteiger charge is -2.35. The molecular formula is C22H31NO5S2Si. The molecule has 3 rings (SSSR count). The highest BCUT2D eigenvalue weighted by Gasteiger charge is 2.51. The number of epoxide rings is 1. The quantitative estimate of drug-likeness (QED) is 0.412. The van der Waals surface area contributed by atoms with Crippen molar-refractivity contribution in [2.75, 3.05) is 6.61 Å². The van der Waals surface area contributed by atoms with Gasteiger partial charge in [0.15, 0.2) is 13.8 Å². The molecule has 9 heteroatoms. The third-order valence-electron chi connectivity index (χ3n) is 5.87. The van der Waals surface area contributed by atoms with Crippen LogP contribution in [0.3, 0.4) is 0 Å². The van der Waals surface area contributed by atoms with Crippen LogP contribution < -0.4 is 0 Å². The fraction of sp³-hybridized carbons (Fsp3) is 0.455. The fourth-order valence-corrected chi connectivity index (χ4v) is 8.05. The zero-order valence-electron chi connectivity index (χ0n) is 18.9. The molecule has 170 valence electrons. The summed E-state index contributed by atoms with van der Waals surface area (Å²) in [7, 11) is -9.55. The summed E-state index contributed by atoms with van der Waals surface area (Å²) >= 11 is 0. The first kappa shape index (κ1) is 24.1. The van der Waals surface area contributed by atoms with Crippen LogP contribution in [-0.2, 0) is 28.9 Å². The van der Waals surface area contributed by atoms with E-state index < -0.39 is 39.6 Å². The van der Waals surface area contributed by atoms with Crippen molar-refractivity contribution in [1.29, 1.82) is 0 Å². The van der Waals surface area contributed by atoms with Crippen LogP contribution in [0.2, 0.25) is 18.1 Å². The lowest BCUT2D eigenvalue weighted by molar-refractivity contribution is 0.243. The highest BCUT2D eigenvalue weighted by atomic mass is 32.3. The van der Waals surface area contributed by atoms with Crippen LogP contribution in [0.1, 0.15) is 26.3 Å². The second-order valence-electron chi connectivity index (χ2n) is 9.36. The van der Waals surface area contributed by atoms with Gasteiger partial charge in [0.2, 0.25) is 0 Å². The summed E-state index contributed by atoms with van der Waals surface area (Å²) in [6, 6.07) is 14.8. The Kier molecular flexibility index (Phi) is 6.57. The monoisotopic (exact) mass is 481 g/mol. The molecule has 1 heterocycles. The van der Waals surface area contributed by atoms with E-state index in [-0.39, 0.29) is 16.5 Å². The van der Waals surface area contributed by atoms with Crippen molar-refractivity contribution in [3.05, 3.63) is 60.2 Å². The first-order valence-corrected chi connectivity index (χ1v) is 16.1. The first-order valence-electron chi connectivity index (χ1n) is 10.2. The largest absolute Gasteiger partial charge is 0.414 e. The minimum Gasteiger partial charge on any atom is -0.414 e. The van der Waals surface area contributed by atoms with Crippen molar-refractivity contribution >= 4 is 28.1 Å². The lowest BCUT2D eigenvalue weighted by atomic mass is 10.2. The second kappa shape index (κ2) is 8.44. The average molecular weight is 482 g/mol. The van der Waals surface area contributed by atoms with Gasteiger partial charge in [0.25, 0.3) is 10.0 Å². The van der Waals surface area contributed by atoms with E-state index in [1.807, 2.05) is 6.92 Å². The predicted molar refractivity (Wildman–Crippen MR) is 125 cm³/mol. The van der Waals surface area contributed by atoms with Gasteiger partial charge in [0.1, 0.15) is 15.8 Å². The maximum atomic E-state index is 14.0. The van der Waals surface area contributed by atoms with E-state index in [0.717, 1.165) is 5.56 Å². The fourth-order valence-electron chi connectivity index (χ4n) is 2.77. The third kappa shape index (κ3) is 5.28. The molecule has 3 atom stereocenters. The van der Waals surface area contributed by atoms with E-state index in [1.54, 1.807) is 42.5 Å². The number of sulfonamides is 1. The topological polar surface area (TPSA) is 85.3 Å². The van der Waals surface area contributed by atoms with E-state index in [4.69, 9.17) is 9.16 Å². The van der Waals surface area contributed by atoms with Crippen molar-refractivity contribution in [3.8, 4) is 0 Å². The number of benzene rings is 2. The Balaban J connectivity index is 1.95. The molecule has 0 aliphatic carbocycles. The minimum absolute atomic E-state index is 0.0106. The zero-order chi connectivity index (χ0) is 23.1. The maximum Gasteiger partial charge on any atom is 0.290 e. The Morgan fingerprint density at radius 1 is 0.968 bits per heavy atom. The SMILES string of the molecule is Cc1ccc(S(=O)(=O)N=[S@@](=O)(c2ccccc2)[C@H]2O[C@@H]2CO[Si](C)(C)C(C)(C)C)cc1. The average Bonchev–Trinajstić information content (AvgIpc) is 3.47. The zero-order valence-corrected chi connectivity index (χ0v) is 21.5. The smallest absolute Gasteiger partial charge is 0.290 e. The number of hydrogen-bond donors (Lipinski definition) is 0. The molecule has 0 aromatic heterocycles. The van der Waals surface area contributed by atoms with Crippen LogP contribution in [0.5, 0.6) is 0 Å². The molecule has 0 amide bonds. The molecule has 0 radical (unpaired) electrons. The van der Waals surface area contributed by atoms with E-state index in [9.17, 15) is 12.6 Å². The molecule has 6 nitrogen and oxygen atoms in total. The molecule has 2 aromatic rings. The second-order valence-corrected chi connectivity index (χ2v) is 18.3. The van der Waals surface area contributed by atoms with Gasteiger partial charge in [0, 0.05) is 0 Å². The van der Waals surface area contributed by atoms with Gasteiger partial charge >= 0.3 is 0 Å². The van der Waals surface area contributed by atoms with Crippen molar-refractivity contribution < 1.29 is 21.8 Å². The van der Waals surface area contributed by atoms with Crippen LogP contribution in [0, 0.1) is 6.92 Å². The van der Waals surface area contributed by atoms with E-state index in [0.29, 0.717) is 4.90 Å². The summed E-state index contributed by atoms with van der Waals surface area (Å²) in [5, 5.41) is 0.0252. The number of ether oxygens (including phenoxy) is 1. The highest BCUT2D eigenvalue weighted by molar-refractivity contribution is 8.03. The van der Waals surface area contributed by atoms with Gasteiger partial charge in [-0.25, -0.2) is 4.21 Å². The Morgan fingerprint density at radius 2 is 1.55 bits per heavy atom. The van der Waals surface area contributed by atoms with Gasteiger partial charge < -0.3 is 9.16 Å². The molecule has 0 bridgehead atoms. The minimum atomic E-state index is -4.14.